The van der Waals surface area contributed by atoms with Crippen LogP contribution in [0.3, 0.4) is 0 Å². The molecular weight excluding hydrogens is 408 g/mol. The highest BCUT2D eigenvalue weighted by molar-refractivity contribution is 6.30. The number of methoxy groups -OCH3 is 2. The lowest BCUT2D eigenvalue weighted by molar-refractivity contribution is -0.113. The average Bonchev–Trinajstić information content (AvgIpc) is 3.21. The Kier molecular flexibility index (Phi) is 5.28. The highest BCUT2D eigenvalue weighted by Crippen LogP contribution is 2.36. The van der Waals surface area contributed by atoms with E-state index in [-0.39, 0.29) is 5.91 Å². The van der Waals surface area contributed by atoms with Gasteiger partial charge in [0.25, 0.3) is 5.91 Å². The number of hydrogen-bond acceptors (Lipinski definition) is 7. The summed E-state index contributed by atoms with van der Waals surface area (Å²) in [4.78, 5) is 13.4. The zero-order valence-electron chi connectivity index (χ0n) is 16.5. The maximum atomic E-state index is 13.4. The molecule has 9 nitrogen and oxygen atoms in total. The number of allylic oxidation sites excluding steroid dienone is 1. The van der Waals surface area contributed by atoms with Crippen molar-refractivity contribution in [2.45, 2.75) is 13.0 Å². The van der Waals surface area contributed by atoms with Crippen LogP contribution in [0.4, 0.5) is 11.6 Å². The number of rotatable bonds is 5. The van der Waals surface area contributed by atoms with Crippen molar-refractivity contribution in [1.29, 1.82) is 0 Å². The molecule has 4 rings (SSSR count). The Hall–Kier alpha value is -3.59. The van der Waals surface area contributed by atoms with Gasteiger partial charge in [0.15, 0.2) is 0 Å². The first-order valence-corrected chi connectivity index (χ1v) is 9.44. The molecule has 154 valence electrons. The van der Waals surface area contributed by atoms with Gasteiger partial charge >= 0.3 is 0 Å². The Labute approximate surface area is 177 Å². The van der Waals surface area contributed by atoms with Crippen LogP contribution in [0.2, 0.25) is 5.02 Å². The van der Waals surface area contributed by atoms with Gasteiger partial charge in [-0.3, -0.25) is 4.79 Å². The standard InChI is InChI=1S/C20H19ClN6O3/c1-11-17(19(28)23-15-10-14(29-2)8-9-16(15)30-3)18(12-4-6-13(21)7-5-12)27-20(22-11)24-25-26-27/h4-10,18H,1-3H3,(H,23,28)(H,22,24,26)/t18-/m1/s1. The number of carbonyl (C=O) groups is 1. The van der Waals surface area contributed by atoms with Crippen molar-refractivity contribution in [2.24, 2.45) is 0 Å². The zero-order valence-corrected chi connectivity index (χ0v) is 17.3. The van der Waals surface area contributed by atoms with Gasteiger partial charge in [-0.25, -0.2) is 0 Å². The second kappa shape index (κ2) is 8.03. The highest BCUT2D eigenvalue weighted by Gasteiger charge is 2.34. The molecule has 0 radical (unpaired) electrons. The number of hydrogen-bond donors (Lipinski definition) is 2. The second-order valence-corrected chi connectivity index (χ2v) is 7.02. The minimum atomic E-state index is -0.537. The number of carbonyl (C=O) groups excluding carboxylic acids is 1. The maximum absolute atomic E-state index is 13.4. The largest absolute Gasteiger partial charge is 0.497 e. The number of fused-ring (bicyclic) bond motifs is 1. The summed E-state index contributed by atoms with van der Waals surface area (Å²) in [6, 6.07) is 11.9. The highest BCUT2D eigenvalue weighted by atomic mass is 35.5. The lowest BCUT2D eigenvalue weighted by Crippen LogP contribution is -2.31. The average molecular weight is 427 g/mol. The number of benzene rings is 2. The van der Waals surface area contributed by atoms with Crippen molar-refractivity contribution < 1.29 is 14.3 Å². The van der Waals surface area contributed by atoms with Gasteiger partial charge in [-0.1, -0.05) is 28.8 Å². The van der Waals surface area contributed by atoms with Crippen molar-refractivity contribution in [1.82, 2.24) is 20.2 Å². The van der Waals surface area contributed by atoms with Gasteiger partial charge < -0.3 is 20.1 Å². The number of amides is 1. The van der Waals surface area contributed by atoms with Crippen LogP contribution in [-0.4, -0.2) is 40.3 Å². The predicted octanol–water partition coefficient (Wildman–Crippen LogP) is 3.27. The minimum absolute atomic E-state index is 0.326. The third kappa shape index (κ3) is 3.55. The molecule has 0 saturated heterocycles. The smallest absolute Gasteiger partial charge is 0.255 e. The number of aromatic nitrogens is 4. The van der Waals surface area contributed by atoms with E-state index >= 15 is 0 Å². The van der Waals surface area contributed by atoms with Crippen LogP contribution in [0.25, 0.3) is 0 Å². The number of nitrogens with zero attached hydrogens (tertiary/aromatic N) is 4. The molecule has 0 spiro atoms. The molecule has 0 fully saturated rings. The molecule has 1 atom stereocenters. The molecule has 1 aliphatic rings. The first kappa shape index (κ1) is 19.7. The Bertz CT molecular complexity index is 1130. The summed E-state index contributed by atoms with van der Waals surface area (Å²) in [5.41, 5.74) is 2.40. The fraction of sp³-hybridized carbons (Fsp3) is 0.200. The molecule has 10 heteroatoms. The van der Waals surface area contributed by atoms with E-state index in [1.165, 1.54) is 7.11 Å². The molecule has 3 aromatic rings. The van der Waals surface area contributed by atoms with Crippen molar-refractivity contribution in [3.05, 3.63) is 64.3 Å². The molecule has 1 aromatic heterocycles. The number of ether oxygens (including phenoxy) is 2. The van der Waals surface area contributed by atoms with Gasteiger partial charge in [0.1, 0.15) is 17.5 Å². The number of tetrazole rings is 1. The molecule has 0 unspecified atom stereocenters. The van der Waals surface area contributed by atoms with Gasteiger partial charge in [-0.15, -0.1) is 0 Å². The normalized spacial score (nSPS) is 15.3. The minimum Gasteiger partial charge on any atom is -0.497 e. The Morgan fingerprint density at radius 3 is 2.63 bits per heavy atom. The molecular formula is C20H19ClN6O3. The van der Waals surface area contributed by atoms with Crippen molar-refractivity contribution in [2.75, 3.05) is 24.9 Å². The zero-order chi connectivity index (χ0) is 21.3. The van der Waals surface area contributed by atoms with E-state index < -0.39 is 6.04 Å². The number of nitrogens with one attached hydrogen (secondary N) is 2. The summed E-state index contributed by atoms with van der Waals surface area (Å²) >= 11 is 6.05. The van der Waals surface area contributed by atoms with Gasteiger partial charge in [-0.2, -0.15) is 4.68 Å². The van der Waals surface area contributed by atoms with E-state index in [9.17, 15) is 4.79 Å². The van der Waals surface area contributed by atoms with Gasteiger partial charge in [-0.05, 0) is 47.2 Å². The molecule has 0 aliphatic carbocycles. The molecule has 1 amide bonds. The summed E-state index contributed by atoms with van der Waals surface area (Å²) in [5.74, 6) is 1.23. The molecule has 2 N–H and O–H groups in total. The summed E-state index contributed by atoms with van der Waals surface area (Å²) in [7, 11) is 3.09. The van der Waals surface area contributed by atoms with Crippen LogP contribution < -0.4 is 20.1 Å². The van der Waals surface area contributed by atoms with E-state index in [0.29, 0.717) is 39.4 Å². The predicted molar refractivity (Wildman–Crippen MR) is 112 cm³/mol. The van der Waals surface area contributed by atoms with Crippen LogP contribution in [0.15, 0.2) is 53.7 Å². The SMILES string of the molecule is COc1ccc(OC)c(NC(=O)C2=C(C)Nc3nnnn3[C@@H]2c2ccc(Cl)cc2)c1. The van der Waals surface area contributed by atoms with Crippen molar-refractivity contribution in [3.8, 4) is 11.5 Å². The summed E-state index contributed by atoms with van der Waals surface area (Å²) < 4.78 is 12.2. The molecule has 0 saturated carbocycles. The topological polar surface area (TPSA) is 103 Å². The fourth-order valence-electron chi connectivity index (χ4n) is 3.36. The Morgan fingerprint density at radius 1 is 1.17 bits per heavy atom. The summed E-state index contributed by atoms with van der Waals surface area (Å²) in [5, 5.41) is 18.4. The van der Waals surface area contributed by atoms with Crippen LogP contribution in [0, 0.1) is 0 Å². The number of anilines is 2. The first-order chi connectivity index (χ1) is 14.5. The molecule has 1 aliphatic heterocycles. The third-order valence-electron chi connectivity index (χ3n) is 4.80. The van der Waals surface area contributed by atoms with E-state index in [1.54, 1.807) is 49.0 Å². The fourth-order valence-corrected chi connectivity index (χ4v) is 3.49. The van der Waals surface area contributed by atoms with Crippen LogP contribution in [0.1, 0.15) is 18.5 Å². The monoisotopic (exact) mass is 426 g/mol. The van der Waals surface area contributed by atoms with Crippen molar-refractivity contribution in [3.63, 3.8) is 0 Å². The maximum Gasteiger partial charge on any atom is 0.255 e. The lowest BCUT2D eigenvalue weighted by atomic mass is 9.95. The van der Waals surface area contributed by atoms with Crippen molar-refractivity contribution >= 4 is 29.1 Å². The molecule has 2 heterocycles. The van der Waals surface area contributed by atoms with E-state index in [0.717, 1.165) is 5.56 Å². The Balaban J connectivity index is 1.75. The summed E-state index contributed by atoms with van der Waals surface area (Å²) in [6.45, 7) is 1.80. The quantitative estimate of drug-likeness (QED) is 0.645. The van der Waals surface area contributed by atoms with Crippen LogP contribution in [-0.2, 0) is 4.79 Å². The van der Waals surface area contributed by atoms with Gasteiger partial charge in [0.05, 0.1) is 25.5 Å². The van der Waals surface area contributed by atoms with Gasteiger partial charge in [0, 0.05) is 16.8 Å². The van der Waals surface area contributed by atoms with E-state index in [2.05, 4.69) is 26.2 Å². The van der Waals surface area contributed by atoms with Gasteiger partial charge in [0.2, 0.25) is 5.95 Å². The van der Waals surface area contributed by atoms with E-state index in [4.69, 9.17) is 21.1 Å². The summed E-state index contributed by atoms with van der Waals surface area (Å²) in [6.07, 6.45) is 0. The van der Waals surface area contributed by atoms with Crippen LogP contribution >= 0.6 is 11.6 Å². The third-order valence-corrected chi connectivity index (χ3v) is 5.05. The molecule has 30 heavy (non-hydrogen) atoms. The molecule has 2 aromatic carbocycles. The van der Waals surface area contributed by atoms with Crippen LogP contribution in [0.5, 0.6) is 11.5 Å². The van der Waals surface area contributed by atoms with E-state index in [1.807, 2.05) is 12.1 Å². The Morgan fingerprint density at radius 2 is 1.93 bits per heavy atom. The second-order valence-electron chi connectivity index (χ2n) is 6.59. The number of halogens is 1. The first-order valence-electron chi connectivity index (χ1n) is 9.06. The molecule has 0 bridgehead atoms. The lowest BCUT2D eigenvalue weighted by Gasteiger charge is -2.28.